The molecule has 0 radical (unpaired) electrons. The van der Waals surface area contributed by atoms with E-state index in [1.165, 1.54) is 0 Å². The zero-order chi connectivity index (χ0) is 10.2. The fourth-order valence-electron chi connectivity index (χ4n) is 3.36. The Labute approximate surface area is 85.0 Å². The van der Waals surface area contributed by atoms with Gasteiger partial charge in [0.1, 0.15) is 5.78 Å². The summed E-state index contributed by atoms with van der Waals surface area (Å²) in [5, 5.41) is 10.0. The Kier molecular flexibility index (Phi) is 2.48. The van der Waals surface area contributed by atoms with Gasteiger partial charge in [0.15, 0.2) is 0 Å². The molecule has 14 heavy (non-hydrogen) atoms. The molecule has 1 N–H and O–H groups in total. The van der Waals surface area contributed by atoms with Crippen LogP contribution in [0.4, 0.5) is 0 Å². The van der Waals surface area contributed by atoms with Crippen LogP contribution in [0.1, 0.15) is 38.5 Å². The molecule has 2 nitrogen and oxygen atoms in total. The van der Waals surface area contributed by atoms with Crippen LogP contribution in [-0.2, 0) is 4.79 Å². The maximum atomic E-state index is 12.0. The SMILES string of the molecule is C=CC[C@@]12C(=O)CCC[C@@H]1CCC2O. The molecule has 0 aromatic heterocycles. The van der Waals surface area contributed by atoms with E-state index in [2.05, 4.69) is 6.58 Å². The second-order valence-corrected chi connectivity index (χ2v) is 4.64. The number of hydrogen-bond donors (Lipinski definition) is 1. The van der Waals surface area contributed by atoms with Crippen molar-refractivity contribution in [2.75, 3.05) is 0 Å². The molecule has 0 saturated heterocycles. The van der Waals surface area contributed by atoms with E-state index < -0.39 is 11.5 Å². The van der Waals surface area contributed by atoms with Crippen LogP contribution in [0.3, 0.4) is 0 Å². The van der Waals surface area contributed by atoms with E-state index in [4.69, 9.17) is 0 Å². The first-order valence-electron chi connectivity index (χ1n) is 5.54. The third kappa shape index (κ3) is 1.17. The van der Waals surface area contributed by atoms with Crippen LogP contribution in [0.15, 0.2) is 12.7 Å². The molecule has 2 fully saturated rings. The summed E-state index contributed by atoms with van der Waals surface area (Å²) in [4.78, 5) is 12.0. The third-order valence-corrected chi connectivity index (χ3v) is 4.07. The zero-order valence-electron chi connectivity index (χ0n) is 8.54. The van der Waals surface area contributed by atoms with Crippen molar-refractivity contribution in [2.24, 2.45) is 11.3 Å². The molecule has 78 valence electrons. The van der Waals surface area contributed by atoms with Gasteiger partial charge >= 0.3 is 0 Å². The minimum atomic E-state index is -0.444. The van der Waals surface area contributed by atoms with E-state index >= 15 is 0 Å². The molecule has 0 amide bonds. The highest BCUT2D eigenvalue weighted by molar-refractivity contribution is 5.87. The fraction of sp³-hybridized carbons (Fsp3) is 0.750. The van der Waals surface area contributed by atoms with Crippen LogP contribution in [-0.4, -0.2) is 17.0 Å². The first-order valence-corrected chi connectivity index (χ1v) is 5.54. The van der Waals surface area contributed by atoms with Crippen molar-refractivity contribution in [3.05, 3.63) is 12.7 Å². The summed E-state index contributed by atoms with van der Waals surface area (Å²) < 4.78 is 0. The van der Waals surface area contributed by atoms with Gasteiger partial charge in [0.2, 0.25) is 0 Å². The standard InChI is InChI=1S/C12H18O2/c1-2-8-12-9(6-7-11(12)14)4-3-5-10(12)13/h2,9,11,14H,1,3-8H2/t9-,11?,12+/m1/s1. The average Bonchev–Trinajstić information content (AvgIpc) is 2.48. The lowest BCUT2D eigenvalue weighted by molar-refractivity contribution is -0.140. The number of fused-ring (bicyclic) bond motifs is 1. The molecule has 0 bridgehead atoms. The Hall–Kier alpha value is -0.630. The van der Waals surface area contributed by atoms with Gasteiger partial charge in [-0.2, -0.15) is 0 Å². The van der Waals surface area contributed by atoms with E-state index in [1.54, 1.807) is 6.08 Å². The zero-order valence-corrected chi connectivity index (χ0v) is 8.54. The molecule has 2 heteroatoms. The summed E-state index contributed by atoms with van der Waals surface area (Å²) in [5.41, 5.74) is -0.444. The maximum absolute atomic E-state index is 12.0. The monoisotopic (exact) mass is 194 g/mol. The number of aliphatic hydroxyl groups is 1. The van der Waals surface area contributed by atoms with E-state index in [0.29, 0.717) is 18.8 Å². The molecule has 0 aromatic carbocycles. The number of carbonyl (C=O) groups is 1. The predicted molar refractivity (Wildman–Crippen MR) is 54.8 cm³/mol. The molecule has 1 unspecified atom stereocenters. The van der Waals surface area contributed by atoms with Crippen LogP contribution >= 0.6 is 0 Å². The quantitative estimate of drug-likeness (QED) is 0.683. The van der Waals surface area contributed by atoms with E-state index in [9.17, 15) is 9.90 Å². The van der Waals surface area contributed by atoms with Crippen molar-refractivity contribution in [1.29, 1.82) is 0 Å². The number of hydrogen-bond acceptors (Lipinski definition) is 2. The molecule has 2 aliphatic carbocycles. The highest BCUT2D eigenvalue weighted by Crippen LogP contribution is 2.52. The Morgan fingerprint density at radius 3 is 3.00 bits per heavy atom. The molecule has 0 heterocycles. The van der Waals surface area contributed by atoms with E-state index in [1.807, 2.05) is 0 Å². The van der Waals surface area contributed by atoms with Crippen LogP contribution in [0.2, 0.25) is 0 Å². The predicted octanol–water partition coefficient (Wildman–Crippen LogP) is 2.07. The lowest BCUT2D eigenvalue weighted by atomic mass is 9.64. The van der Waals surface area contributed by atoms with Gasteiger partial charge in [0, 0.05) is 6.42 Å². The number of ketones is 1. The molecular weight excluding hydrogens is 176 g/mol. The number of allylic oxidation sites excluding steroid dienone is 1. The second kappa shape index (κ2) is 3.50. The van der Waals surface area contributed by atoms with Gasteiger partial charge in [-0.05, 0) is 38.0 Å². The van der Waals surface area contributed by atoms with Crippen molar-refractivity contribution in [3.63, 3.8) is 0 Å². The minimum Gasteiger partial charge on any atom is -0.392 e. The minimum absolute atomic E-state index is 0.277. The van der Waals surface area contributed by atoms with Crippen LogP contribution in [0, 0.1) is 11.3 Å². The smallest absolute Gasteiger partial charge is 0.142 e. The topological polar surface area (TPSA) is 37.3 Å². The normalized spacial score (nSPS) is 42.2. The van der Waals surface area contributed by atoms with Gasteiger partial charge < -0.3 is 5.11 Å². The Balaban J connectivity index is 2.33. The fourth-order valence-corrected chi connectivity index (χ4v) is 3.36. The van der Waals surface area contributed by atoms with Gasteiger partial charge in [-0.25, -0.2) is 0 Å². The number of carbonyl (C=O) groups excluding carboxylic acids is 1. The van der Waals surface area contributed by atoms with Gasteiger partial charge in [-0.15, -0.1) is 6.58 Å². The van der Waals surface area contributed by atoms with Crippen molar-refractivity contribution >= 4 is 5.78 Å². The largest absolute Gasteiger partial charge is 0.392 e. The number of rotatable bonds is 2. The molecule has 2 aliphatic rings. The number of aliphatic hydroxyl groups excluding tert-OH is 1. The van der Waals surface area contributed by atoms with Crippen LogP contribution < -0.4 is 0 Å². The highest BCUT2D eigenvalue weighted by Gasteiger charge is 2.54. The third-order valence-electron chi connectivity index (χ3n) is 4.07. The lowest BCUT2D eigenvalue weighted by Gasteiger charge is -2.39. The van der Waals surface area contributed by atoms with Gasteiger partial charge in [-0.3, -0.25) is 4.79 Å². The average molecular weight is 194 g/mol. The lowest BCUT2D eigenvalue weighted by Crippen LogP contribution is -2.45. The second-order valence-electron chi connectivity index (χ2n) is 4.64. The highest BCUT2D eigenvalue weighted by atomic mass is 16.3. The molecule has 0 spiro atoms. The van der Waals surface area contributed by atoms with Crippen molar-refractivity contribution in [2.45, 2.75) is 44.6 Å². The first-order chi connectivity index (χ1) is 6.71. The van der Waals surface area contributed by atoms with Crippen LogP contribution in [0.5, 0.6) is 0 Å². The summed E-state index contributed by atoms with van der Waals surface area (Å²) in [7, 11) is 0. The summed E-state index contributed by atoms with van der Waals surface area (Å²) in [6, 6.07) is 0. The van der Waals surface area contributed by atoms with Crippen molar-refractivity contribution in [1.82, 2.24) is 0 Å². The molecular formula is C12H18O2. The number of Topliss-reactive ketones (excluding diaryl/α,β-unsaturated/α-hetero) is 1. The summed E-state index contributed by atoms with van der Waals surface area (Å²) >= 11 is 0. The van der Waals surface area contributed by atoms with Gasteiger partial charge in [-0.1, -0.05) is 6.08 Å². The Bertz CT molecular complexity index is 257. The Morgan fingerprint density at radius 2 is 2.29 bits per heavy atom. The van der Waals surface area contributed by atoms with Crippen molar-refractivity contribution in [3.8, 4) is 0 Å². The molecule has 0 aliphatic heterocycles. The summed E-state index contributed by atoms with van der Waals surface area (Å²) in [5.74, 6) is 0.690. The van der Waals surface area contributed by atoms with Gasteiger partial charge in [0.25, 0.3) is 0 Å². The summed E-state index contributed by atoms with van der Waals surface area (Å²) in [6.07, 6.45) is 6.62. The van der Waals surface area contributed by atoms with Crippen molar-refractivity contribution < 1.29 is 9.90 Å². The molecule has 3 atom stereocenters. The Morgan fingerprint density at radius 1 is 1.50 bits per heavy atom. The molecule has 2 rings (SSSR count). The summed E-state index contributed by atoms with van der Waals surface area (Å²) in [6.45, 7) is 3.72. The van der Waals surface area contributed by atoms with E-state index in [0.717, 1.165) is 25.7 Å². The maximum Gasteiger partial charge on any atom is 0.142 e. The molecule has 2 saturated carbocycles. The van der Waals surface area contributed by atoms with E-state index in [-0.39, 0.29) is 5.78 Å². The molecule has 0 aromatic rings. The van der Waals surface area contributed by atoms with Gasteiger partial charge in [0.05, 0.1) is 11.5 Å². The van der Waals surface area contributed by atoms with Crippen LogP contribution in [0.25, 0.3) is 0 Å². The first kappa shape index (κ1) is 9.91.